The van der Waals surface area contributed by atoms with Gasteiger partial charge in [-0.2, -0.15) is 0 Å². The second-order valence-corrected chi connectivity index (χ2v) is 4.34. The van der Waals surface area contributed by atoms with Crippen molar-refractivity contribution in [3.8, 4) is 0 Å². The molecule has 0 unspecified atom stereocenters. The number of amides is 1. The number of carbonyl (C=O) groups is 2. The largest absolute Gasteiger partial charge is 0.481 e. The molecule has 0 saturated heterocycles. The van der Waals surface area contributed by atoms with Crippen molar-refractivity contribution in [3.05, 3.63) is 0 Å². The summed E-state index contributed by atoms with van der Waals surface area (Å²) < 4.78 is 4.74. The minimum absolute atomic E-state index is 0.0185. The highest BCUT2D eigenvalue weighted by atomic mass is 16.7. The fraction of sp³-hybridized carbons (Fsp3) is 0.818. The molecule has 0 aromatic heterocycles. The van der Waals surface area contributed by atoms with Gasteiger partial charge in [-0.25, -0.2) is 5.48 Å². The van der Waals surface area contributed by atoms with Gasteiger partial charge in [-0.1, -0.05) is 12.8 Å². The van der Waals surface area contributed by atoms with Crippen molar-refractivity contribution in [2.24, 2.45) is 5.41 Å². The summed E-state index contributed by atoms with van der Waals surface area (Å²) in [6, 6.07) is 0. The maximum Gasteiger partial charge on any atom is 0.310 e. The molecule has 0 aromatic carbocycles. The van der Waals surface area contributed by atoms with Crippen LogP contribution in [0.3, 0.4) is 0 Å². The van der Waals surface area contributed by atoms with Gasteiger partial charge in [0.25, 0.3) is 0 Å². The predicted octanol–water partition coefficient (Wildman–Crippen LogP) is 0.716. The lowest BCUT2D eigenvalue weighted by molar-refractivity contribution is -0.154. The number of methoxy groups -OCH3 is 1. The standard InChI is InChI=1S/C11H19NO5/c1-16-6-7-17-12-9(13)8-11(10(14)15)4-2-3-5-11/h2-8H2,1H3,(H,12,13)(H,14,15). The van der Waals surface area contributed by atoms with Crippen LogP contribution in [-0.4, -0.2) is 37.3 Å². The van der Waals surface area contributed by atoms with Gasteiger partial charge in [0.15, 0.2) is 0 Å². The van der Waals surface area contributed by atoms with Crippen LogP contribution in [0.25, 0.3) is 0 Å². The zero-order chi connectivity index (χ0) is 12.7. The van der Waals surface area contributed by atoms with E-state index >= 15 is 0 Å². The molecule has 98 valence electrons. The van der Waals surface area contributed by atoms with Crippen LogP contribution in [0.2, 0.25) is 0 Å². The van der Waals surface area contributed by atoms with Crippen molar-refractivity contribution in [3.63, 3.8) is 0 Å². The second-order valence-electron chi connectivity index (χ2n) is 4.34. The maximum absolute atomic E-state index is 11.5. The van der Waals surface area contributed by atoms with E-state index in [-0.39, 0.29) is 18.9 Å². The summed E-state index contributed by atoms with van der Waals surface area (Å²) >= 11 is 0. The first-order chi connectivity index (χ1) is 8.10. The molecule has 0 bridgehead atoms. The van der Waals surface area contributed by atoms with E-state index < -0.39 is 11.4 Å². The van der Waals surface area contributed by atoms with Gasteiger partial charge in [-0.3, -0.25) is 14.4 Å². The number of carboxylic acid groups (broad SMARTS) is 1. The molecule has 0 aromatic rings. The molecule has 0 radical (unpaired) electrons. The number of nitrogens with one attached hydrogen (secondary N) is 1. The summed E-state index contributed by atoms with van der Waals surface area (Å²) in [6.07, 6.45) is 2.84. The number of ether oxygens (including phenoxy) is 1. The third-order valence-corrected chi connectivity index (χ3v) is 3.09. The zero-order valence-corrected chi connectivity index (χ0v) is 10.0. The van der Waals surface area contributed by atoms with Gasteiger partial charge in [0.05, 0.1) is 18.6 Å². The Labute approximate surface area is 100 Å². The lowest BCUT2D eigenvalue weighted by atomic mass is 9.82. The van der Waals surface area contributed by atoms with Gasteiger partial charge in [0.1, 0.15) is 0 Å². The maximum atomic E-state index is 11.5. The molecule has 0 spiro atoms. The Balaban J connectivity index is 2.35. The molecule has 6 heteroatoms. The first-order valence-electron chi connectivity index (χ1n) is 5.74. The van der Waals surface area contributed by atoms with Crippen molar-refractivity contribution in [2.45, 2.75) is 32.1 Å². The predicted molar refractivity (Wildman–Crippen MR) is 59.1 cm³/mol. The molecule has 0 atom stereocenters. The highest BCUT2D eigenvalue weighted by Gasteiger charge is 2.42. The van der Waals surface area contributed by atoms with Gasteiger partial charge >= 0.3 is 5.97 Å². The molecule has 1 aliphatic rings. The molecule has 2 N–H and O–H groups in total. The van der Waals surface area contributed by atoms with E-state index in [1.165, 1.54) is 7.11 Å². The van der Waals surface area contributed by atoms with Gasteiger partial charge in [-0.15, -0.1) is 0 Å². The minimum atomic E-state index is -0.894. The Bertz CT molecular complexity index is 273. The Hall–Kier alpha value is -1.14. The molecule has 17 heavy (non-hydrogen) atoms. The Morgan fingerprint density at radius 3 is 2.47 bits per heavy atom. The summed E-state index contributed by atoms with van der Waals surface area (Å²) in [6.45, 7) is 0.632. The Morgan fingerprint density at radius 1 is 1.29 bits per heavy atom. The van der Waals surface area contributed by atoms with Gasteiger partial charge < -0.3 is 9.84 Å². The summed E-state index contributed by atoms with van der Waals surface area (Å²) in [5.41, 5.74) is 1.35. The van der Waals surface area contributed by atoms with Crippen LogP contribution in [-0.2, 0) is 19.2 Å². The number of aliphatic carboxylic acids is 1. The fourth-order valence-electron chi connectivity index (χ4n) is 2.12. The molecule has 1 amide bonds. The van der Waals surface area contributed by atoms with E-state index in [1.54, 1.807) is 0 Å². The first-order valence-corrected chi connectivity index (χ1v) is 5.74. The van der Waals surface area contributed by atoms with Crippen LogP contribution in [0.5, 0.6) is 0 Å². The number of hydrogen-bond donors (Lipinski definition) is 2. The molecule has 1 saturated carbocycles. The monoisotopic (exact) mass is 245 g/mol. The third kappa shape index (κ3) is 3.98. The smallest absolute Gasteiger partial charge is 0.310 e. The lowest BCUT2D eigenvalue weighted by Gasteiger charge is -2.22. The van der Waals surface area contributed by atoms with Crippen LogP contribution < -0.4 is 5.48 Å². The van der Waals surface area contributed by atoms with Crippen molar-refractivity contribution in [1.82, 2.24) is 5.48 Å². The molecule has 1 aliphatic carbocycles. The highest BCUT2D eigenvalue weighted by Crippen LogP contribution is 2.41. The topological polar surface area (TPSA) is 84.9 Å². The number of hydrogen-bond acceptors (Lipinski definition) is 4. The van der Waals surface area contributed by atoms with E-state index in [2.05, 4.69) is 5.48 Å². The number of carbonyl (C=O) groups excluding carboxylic acids is 1. The van der Waals surface area contributed by atoms with Crippen molar-refractivity contribution in [2.75, 3.05) is 20.3 Å². The van der Waals surface area contributed by atoms with E-state index in [1.807, 2.05) is 0 Å². The summed E-state index contributed by atoms with van der Waals surface area (Å²) in [7, 11) is 1.53. The molecule has 1 fully saturated rings. The molecule has 0 heterocycles. The first kappa shape index (κ1) is 13.9. The van der Waals surface area contributed by atoms with Crippen LogP contribution in [0.4, 0.5) is 0 Å². The van der Waals surface area contributed by atoms with Gasteiger partial charge in [-0.05, 0) is 12.8 Å². The van der Waals surface area contributed by atoms with E-state index in [0.29, 0.717) is 19.4 Å². The third-order valence-electron chi connectivity index (χ3n) is 3.09. The van der Waals surface area contributed by atoms with Crippen LogP contribution in [0, 0.1) is 5.41 Å². The van der Waals surface area contributed by atoms with E-state index in [4.69, 9.17) is 9.57 Å². The molecular weight excluding hydrogens is 226 g/mol. The Kier molecular flexibility index (Phi) is 5.37. The number of rotatable bonds is 7. The zero-order valence-electron chi connectivity index (χ0n) is 10.0. The molecule has 1 rings (SSSR count). The van der Waals surface area contributed by atoms with E-state index in [0.717, 1.165) is 12.8 Å². The second kappa shape index (κ2) is 6.56. The average molecular weight is 245 g/mol. The summed E-state index contributed by atoms with van der Waals surface area (Å²) in [5, 5.41) is 9.18. The summed E-state index contributed by atoms with van der Waals surface area (Å²) in [5.74, 6) is -1.27. The van der Waals surface area contributed by atoms with Gasteiger partial charge in [0.2, 0.25) is 5.91 Å². The quantitative estimate of drug-likeness (QED) is 0.510. The molecule has 6 nitrogen and oxygen atoms in total. The van der Waals surface area contributed by atoms with Crippen molar-refractivity contribution in [1.29, 1.82) is 0 Å². The summed E-state index contributed by atoms with van der Waals surface area (Å²) in [4.78, 5) is 27.6. The van der Waals surface area contributed by atoms with Crippen molar-refractivity contribution < 1.29 is 24.3 Å². The Morgan fingerprint density at radius 2 is 1.94 bits per heavy atom. The molecule has 0 aliphatic heterocycles. The SMILES string of the molecule is COCCONC(=O)CC1(C(=O)O)CCCC1. The van der Waals surface area contributed by atoms with Gasteiger partial charge in [0, 0.05) is 13.5 Å². The molecular formula is C11H19NO5. The lowest BCUT2D eigenvalue weighted by Crippen LogP contribution is -2.36. The number of carboxylic acids is 1. The highest BCUT2D eigenvalue weighted by molar-refractivity contribution is 5.84. The number of hydroxylamine groups is 1. The van der Waals surface area contributed by atoms with E-state index in [9.17, 15) is 14.7 Å². The van der Waals surface area contributed by atoms with Crippen LogP contribution in [0.1, 0.15) is 32.1 Å². The minimum Gasteiger partial charge on any atom is -0.481 e. The average Bonchev–Trinajstić information content (AvgIpc) is 2.74. The van der Waals surface area contributed by atoms with Crippen molar-refractivity contribution >= 4 is 11.9 Å². The fourth-order valence-corrected chi connectivity index (χ4v) is 2.12. The normalized spacial score (nSPS) is 17.9. The van der Waals surface area contributed by atoms with Crippen LogP contribution >= 0.6 is 0 Å². The van der Waals surface area contributed by atoms with Crippen LogP contribution in [0.15, 0.2) is 0 Å².